The summed E-state index contributed by atoms with van der Waals surface area (Å²) >= 11 is 0. The fourth-order valence-corrected chi connectivity index (χ4v) is 3.05. The second kappa shape index (κ2) is 4.82. The van der Waals surface area contributed by atoms with Crippen LogP contribution in [0.1, 0.15) is 46.5 Å². The molecule has 2 atom stereocenters. The third-order valence-corrected chi connectivity index (χ3v) is 5.03. The van der Waals surface area contributed by atoms with Gasteiger partial charge in [0.1, 0.15) is 0 Å². The first-order valence-electron chi connectivity index (χ1n) is 7.09. The first-order chi connectivity index (χ1) is 8.46. The Morgan fingerprint density at radius 1 is 1.44 bits per heavy atom. The van der Waals surface area contributed by atoms with Crippen molar-refractivity contribution < 1.29 is 9.53 Å². The summed E-state index contributed by atoms with van der Waals surface area (Å²) in [7, 11) is 0. The number of carbonyl (C=O) groups is 1. The SMILES string of the molecule is CCOC1CC(NC(=O)C2(CN)CCC2)C1(C)C. The van der Waals surface area contributed by atoms with Gasteiger partial charge in [0.25, 0.3) is 0 Å². The van der Waals surface area contributed by atoms with Crippen molar-refractivity contribution in [2.24, 2.45) is 16.6 Å². The van der Waals surface area contributed by atoms with E-state index in [-0.39, 0.29) is 28.9 Å². The van der Waals surface area contributed by atoms with Gasteiger partial charge in [-0.3, -0.25) is 4.79 Å². The summed E-state index contributed by atoms with van der Waals surface area (Å²) in [5.74, 6) is 0.157. The summed E-state index contributed by atoms with van der Waals surface area (Å²) < 4.78 is 5.68. The van der Waals surface area contributed by atoms with Gasteiger partial charge in [0.2, 0.25) is 5.91 Å². The van der Waals surface area contributed by atoms with Crippen molar-refractivity contribution in [3.63, 3.8) is 0 Å². The van der Waals surface area contributed by atoms with Crippen LogP contribution in [0.15, 0.2) is 0 Å². The molecule has 0 aliphatic heterocycles. The molecule has 0 aromatic heterocycles. The third kappa shape index (κ3) is 2.05. The number of amides is 1. The van der Waals surface area contributed by atoms with Gasteiger partial charge < -0.3 is 15.8 Å². The van der Waals surface area contributed by atoms with Gasteiger partial charge in [0.15, 0.2) is 0 Å². The minimum Gasteiger partial charge on any atom is -0.378 e. The van der Waals surface area contributed by atoms with Gasteiger partial charge in [-0.15, -0.1) is 0 Å². The molecular weight excluding hydrogens is 228 g/mol. The fraction of sp³-hybridized carbons (Fsp3) is 0.929. The molecule has 2 aliphatic rings. The van der Waals surface area contributed by atoms with E-state index in [1.165, 1.54) is 0 Å². The van der Waals surface area contributed by atoms with Crippen molar-refractivity contribution >= 4 is 5.91 Å². The molecule has 1 amide bonds. The molecule has 4 heteroatoms. The molecule has 0 bridgehead atoms. The average molecular weight is 254 g/mol. The topological polar surface area (TPSA) is 64.3 Å². The number of hydrogen-bond acceptors (Lipinski definition) is 3. The maximum atomic E-state index is 12.3. The quantitative estimate of drug-likeness (QED) is 0.780. The number of rotatable bonds is 5. The van der Waals surface area contributed by atoms with Crippen molar-refractivity contribution in [3.05, 3.63) is 0 Å². The molecule has 3 N–H and O–H groups in total. The normalized spacial score (nSPS) is 32.2. The zero-order chi connectivity index (χ0) is 13.4. The largest absolute Gasteiger partial charge is 0.378 e. The number of carbonyl (C=O) groups excluding carboxylic acids is 1. The van der Waals surface area contributed by atoms with Gasteiger partial charge in [-0.1, -0.05) is 20.3 Å². The highest BCUT2D eigenvalue weighted by molar-refractivity contribution is 5.84. The number of hydrogen-bond donors (Lipinski definition) is 2. The van der Waals surface area contributed by atoms with Crippen LogP contribution in [-0.2, 0) is 9.53 Å². The molecule has 0 radical (unpaired) electrons. The van der Waals surface area contributed by atoms with Crippen molar-refractivity contribution in [1.82, 2.24) is 5.32 Å². The second-order valence-electron chi connectivity index (χ2n) is 6.37. The highest BCUT2D eigenvalue weighted by atomic mass is 16.5. The van der Waals surface area contributed by atoms with E-state index in [1.54, 1.807) is 0 Å². The molecule has 0 aromatic carbocycles. The predicted molar refractivity (Wildman–Crippen MR) is 71.1 cm³/mol. The van der Waals surface area contributed by atoms with Crippen molar-refractivity contribution in [2.75, 3.05) is 13.2 Å². The van der Waals surface area contributed by atoms with Crippen LogP contribution in [0.3, 0.4) is 0 Å². The van der Waals surface area contributed by atoms with Gasteiger partial charge in [-0.05, 0) is 26.2 Å². The summed E-state index contributed by atoms with van der Waals surface area (Å²) in [5.41, 5.74) is 5.52. The van der Waals surface area contributed by atoms with Crippen molar-refractivity contribution in [3.8, 4) is 0 Å². The lowest BCUT2D eigenvalue weighted by atomic mass is 9.63. The van der Waals surface area contributed by atoms with Crippen LogP contribution < -0.4 is 11.1 Å². The Morgan fingerprint density at radius 2 is 2.11 bits per heavy atom. The second-order valence-corrected chi connectivity index (χ2v) is 6.37. The highest BCUT2D eigenvalue weighted by Gasteiger charge is 2.52. The summed E-state index contributed by atoms with van der Waals surface area (Å²) in [4.78, 5) is 12.3. The van der Waals surface area contributed by atoms with Gasteiger partial charge in [-0.25, -0.2) is 0 Å². The van der Waals surface area contributed by atoms with Crippen LogP contribution in [0.5, 0.6) is 0 Å². The zero-order valence-electron chi connectivity index (χ0n) is 11.8. The zero-order valence-corrected chi connectivity index (χ0v) is 11.8. The number of nitrogens with one attached hydrogen (secondary N) is 1. The first-order valence-corrected chi connectivity index (χ1v) is 7.09. The summed E-state index contributed by atoms with van der Waals surface area (Å²) in [6, 6.07) is 0.227. The van der Waals surface area contributed by atoms with Gasteiger partial charge in [0.05, 0.1) is 11.5 Å². The average Bonchev–Trinajstić information content (AvgIpc) is 2.27. The highest BCUT2D eigenvalue weighted by Crippen LogP contribution is 2.45. The van der Waals surface area contributed by atoms with E-state index in [0.717, 1.165) is 32.3 Å². The molecule has 104 valence electrons. The van der Waals surface area contributed by atoms with E-state index in [0.29, 0.717) is 6.54 Å². The summed E-state index contributed by atoms with van der Waals surface area (Å²) in [6.45, 7) is 7.55. The summed E-state index contributed by atoms with van der Waals surface area (Å²) in [6.07, 6.45) is 4.20. The number of nitrogens with two attached hydrogens (primary N) is 1. The predicted octanol–water partition coefficient (Wildman–Crippen LogP) is 1.44. The van der Waals surface area contributed by atoms with Gasteiger partial charge in [-0.2, -0.15) is 0 Å². The lowest BCUT2D eigenvalue weighted by Gasteiger charge is -2.53. The molecule has 18 heavy (non-hydrogen) atoms. The van der Waals surface area contributed by atoms with Crippen LogP contribution >= 0.6 is 0 Å². The molecular formula is C14H26N2O2. The number of ether oxygens (including phenoxy) is 1. The van der Waals surface area contributed by atoms with Crippen LogP contribution in [0.25, 0.3) is 0 Å². The monoisotopic (exact) mass is 254 g/mol. The van der Waals surface area contributed by atoms with Crippen LogP contribution in [0.4, 0.5) is 0 Å². The lowest BCUT2D eigenvalue weighted by molar-refractivity contribution is -0.148. The molecule has 0 spiro atoms. The Hall–Kier alpha value is -0.610. The first kappa shape index (κ1) is 13.8. The minimum atomic E-state index is -0.271. The van der Waals surface area contributed by atoms with Crippen LogP contribution in [0.2, 0.25) is 0 Å². The van der Waals surface area contributed by atoms with E-state index in [4.69, 9.17) is 10.5 Å². The Morgan fingerprint density at radius 3 is 2.50 bits per heavy atom. The molecule has 2 rings (SSSR count). The van der Waals surface area contributed by atoms with Crippen LogP contribution in [-0.4, -0.2) is 31.2 Å². The fourth-order valence-electron chi connectivity index (χ4n) is 3.05. The Labute approximate surface area is 110 Å². The van der Waals surface area contributed by atoms with E-state index < -0.39 is 0 Å². The Bertz CT molecular complexity index is 318. The molecule has 0 heterocycles. The molecule has 2 saturated carbocycles. The van der Waals surface area contributed by atoms with E-state index >= 15 is 0 Å². The Balaban J connectivity index is 1.90. The van der Waals surface area contributed by atoms with Crippen molar-refractivity contribution in [1.29, 1.82) is 0 Å². The minimum absolute atomic E-state index is 0.0329. The smallest absolute Gasteiger partial charge is 0.227 e. The van der Waals surface area contributed by atoms with E-state index in [1.807, 2.05) is 6.92 Å². The van der Waals surface area contributed by atoms with E-state index in [2.05, 4.69) is 19.2 Å². The molecule has 4 nitrogen and oxygen atoms in total. The standard InChI is InChI=1S/C14H26N2O2/c1-4-18-11-8-10(13(11,2)3)16-12(17)14(9-15)6-5-7-14/h10-11H,4-9,15H2,1-3H3,(H,16,17). The maximum absolute atomic E-state index is 12.3. The Kier molecular flexibility index (Phi) is 3.70. The van der Waals surface area contributed by atoms with Gasteiger partial charge >= 0.3 is 0 Å². The molecule has 0 aromatic rings. The molecule has 2 unspecified atom stereocenters. The van der Waals surface area contributed by atoms with Crippen LogP contribution in [0, 0.1) is 10.8 Å². The van der Waals surface area contributed by atoms with Gasteiger partial charge in [0, 0.05) is 24.6 Å². The maximum Gasteiger partial charge on any atom is 0.227 e. The molecule has 2 fully saturated rings. The lowest BCUT2D eigenvalue weighted by Crippen LogP contribution is -2.65. The summed E-state index contributed by atoms with van der Waals surface area (Å²) in [5, 5.41) is 3.19. The van der Waals surface area contributed by atoms with Crippen molar-refractivity contribution in [2.45, 2.75) is 58.6 Å². The molecule has 2 aliphatic carbocycles. The molecule has 0 saturated heterocycles. The third-order valence-electron chi connectivity index (χ3n) is 5.03. The van der Waals surface area contributed by atoms with E-state index in [9.17, 15) is 4.79 Å².